The van der Waals surface area contributed by atoms with Crippen LogP contribution in [0.2, 0.25) is 0 Å². The van der Waals surface area contributed by atoms with Crippen LogP contribution in [0.3, 0.4) is 0 Å². The average Bonchev–Trinajstić information content (AvgIpc) is 2.75. The molecule has 0 spiro atoms. The van der Waals surface area contributed by atoms with E-state index < -0.39 is 61.1 Å². The van der Waals surface area contributed by atoms with Crippen LogP contribution in [0, 0.1) is 11.3 Å². The maximum atomic E-state index is 12.8. The van der Waals surface area contributed by atoms with Crippen LogP contribution >= 0.6 is 0 Å². The molecule has 1 rings (SSSR count). The Labute approximate surface area is 204 Å². The fourth-order valence-electron chi connectivity index (χ4n) is 3.06. The van der Waals surface area contributed by atoms with E-state index in [4.69, 9.17) is 25.4 Å². The summed E-state index contributed by atoms with van der Waals surface area (Å²) in [7, 11) is 0. The molecular formula is C21H38N6O8. The van der Waals surface area contributed by atoms with Crippen LogP contribution in [0.5, 0.6) is 0 Å². The molecule has 0 radical (unpaired) electrons. The number of rotatable bonds is 10. The predicted molar refractivity (Wildman–Crippen MR) is 124 cm³/mol. The van der Waals surface area contributed by atoms with E-state index in [1.54, 1.807) is 13.8 Å². The molecule has 0 aromatic rings. The fourth-order valence-corrected chi connectivity index (χ4v) is 3.06. The van der Waals surface area contributed by atoms with Crippen LogP contribution in [0.1, 0.15) is 47.5 Å². The highest BCUT2D eigenvalue weighted by molar-refractivity contribution is 5.91. The van der Waals surface area contributed by atoms with Gasteiger partial charge in [0, 0.05) is 6.54 Å². The molecule has 3 amide bonds. The lowest BCUT2D eigenvalue weighted by Gasteiger charge is -2.38. The lowest BCUT2D eigenvalue weighted by Crippen LogP contribution is -2.61. The maximum Gasteiger partial charge on any atom is 0.508 e. The van der Waals surface area contributed by atoms with Crippen molar-refractivity contribution in [2.75, 3.05) is 19.8 Å². The number of likely N-dealkylation sites (tertiary alicyclic amines) is 1. The smallest absolute Gasteiger partial charge is 0.449 e. The Bertz CT molecular complexity index is 762. The van der Waals surface area contributed by atoms with Gasteiger partial charge in [-0.2, -0.15) is 0 Å². The maximum absolute atomic E-state index is 12.8. The number of nitrogens with one attached hydrogen (secondary N) is 4. The minimum atomic E-state index is -1.36. The van der Waals surface area contributed by atoms with Gasteiger partial charge in [0.25, 0.3) is 0 Å². The zero-order valence-electron chi connectivity index (χ0n) is 20.8. The lowest BCUT2D eigenvalue weighted by molar-refractivity contribution is -0.131. The molecule has 1 heterocycles. The fraction of sp³-hybridized carbons (Fsp3) is 0.762. The second-order valence-electron chi connectivity index (χ2n) is 8.90. The van der Waals surface area contributed by atoms with Crippen molar-refractivity contribution < 1.29 is 38.5 Å². The number of aliphatic hydroxyl groups excluding tert-OH is 1. The van der Waals surface area contributed by atoms with Crippen LogP contribution in [0.15, 0.2) is 0 Å². The van der Waals surface area contributed by atoms with Gasteiger partial charge < -0.3 is 45.9 Å². The van der Waals surface area contributed by atoms with Crippen molar-refractivity contribution in [2.45, 2.75) is 77.9 Å². The summed E-state index contributed by atoms with van der Waals surface area (Å²) in [6.07, 6.45) is -2.50. The van der Waals surface area contributed by atoms with Crippen LogP contribution in [-0.2, 0) is 23.8 Å². The Balaban J connectivity index is 2.76. The van der Waals surface area contributed by atoms with Gasteiger partial charge in [0.1, 0.15) is 24.9 Å². The molecule has 0 bridgehead atoms. The van der Waals surface area contributed by atoms with E-state index in [1.807, 2.05) is 13.8 Å². The highest BCUT2D eigenvalue weighted by atomic mass is 16.7. The number of nitrogens with two attached hydrogens (primary N) is 1. The van der Waals surface area contributed by atoms with Crippen LogP contribution in [-0.4, -0.2) is 90.2 Å². The molecule has 1 saturated heterocycles. The standard InChI is InChI=1S/C21H38N6O8/c1-11(2)9-33-20(31)26-15(10-34-21(32)35-12(3)4)17(29)24-13(5)16(28)25-14-7-6-8-27(18(14)30)19(22)23/h11-15,18,30H,6-10H2,1-5H3,(H3,22,23)(H,24,29)(H,25,28)(H,26,31)/t13-,14-,15+,18?/m0/s1. The Morgan fingerprint density at radius 2 is 1.71 bits per heavy atom. The summed E-state index contributed by atoms with van der Waals surface area (Å²) in [6, 6.07) is -3.13. The summed E-state index contributed by atoms with van der Waals surface area (Å²) < 4.78 is 14.8. The van der Waals surface area contributed by atoms with Crippen molar-refractivity contribution in [3.8, 4) is 0 Å². The highest BCUT2D eigenvalue weighted by Crippen LogP contribution is 2.15. The number of hydrogen-bond acceptors (Lipinski definition) is 9. The molecule has 35 heavy (non-hydrogen) atoms. The third kappa shape index (κ3) is 10.7. The van der Waals surface area contributed by atoms with Gasteiger partial charge in [-0.15, -0.1) is 0 Å². The Hall–Kier alpha value is -3.29. The summed E-state index contributed by atoms with van der Waals surface area (Å²) in [5.74, 6) is -1.66. The molecule has 7 N–H and O–H groups in total. The normalized spacial score (nSPS) is 19.4. The molecule has 0 aromatic carbocycles. The molecule has 0 aromatic heterocycles. The first-order valence-corrected chi connectivity index (χ1v) is 11.5. The quantitative estimate of drug-likeness (QED) is 0.129. The van der Waals surface area contributed by atoms with E-state index in [9.17, 15) is 24.3 Å². The molecule has 1 fully saturated rings. The topological polar surface area (TPSA) is 205 Å². The first kappa shape index (κ1) is 29.7. The van der Waals surface area contributed by atoms with Gasteiger partial charge in [0.05, 0.1) is 18.8 Å². The van der Waals surface area contributed by atoms with Crippen molar-refractivity contribution in [2.24, 2.45) is 11.7 Å². The third-order valence-electron chi connectivity index (χ3n) is 4.84. The molecule has 200 valence electrons. The molecule has 0 aliphatic carbocycles. The molecule has 1 aliphatic heterocycles. The van der Waals surface area contributed by atoms with Gasteiger partial charge in [-0.3, -0.25) is 15.0 Å². The average molecular weight is 503 g/mol. The van der Waals surface area contributed by atoms with E-state index in [2.05, 4.69) is 16.0 Å². The van der Waals surface area contributed by atoms with Gasteiger partial charge >= 0.3 is 12.2 Å². The van der Waals surface area contributed by atoms with E-state index in [0.29, 0.717) is 19.4 Å². The first-order valence-electron chi connectivity index (χ1n) is 11.5. The minimum Gasteiger partial charge on any atom is -0.449 e. The van der Waals surface area contributed by atoms with E-state index in [1.165, 1.54) is 11.8 Å². The van der Waals surface area contributed by atoms with E-state index >= 15 is 0 Å². The molecule has 14 nitrogen and oxygen atoms in total. The van der Waals surface area contributed by atoms with Crippen molar-refractivity contribution >= 4 is 30.0 Å². The zero-order valence-corrected chi connectivity index (χ0v) is 20.8. The number of hydrogen-bond donors (Lipinski definition) is 6. The minimum absolute atomic E-state index is 0.0584. The Morgan fingerprint density at radius 3 is 2.29 bits per heavy atom. The number of nitrogens with zero attached hydrogens (tertiary/aromatic N) is 1. The van der Waals surface area contributed by atoms with E-state index in [-0.39, 0.29) is 18.5 Å². The Morgan fingerprint density at radius 1 is 1.06 bits per heavy atom. The highest BCUT2D eigenvalue weighted by Gasteiger charge is 2.33. The summed E-state index contributed by atoms with van der Waals surface area (Å²) in [6.45, 7) is 8.25. The van der Waals surface area contributed by atoms with Gasteiger partial charge in [-0.25, -0.2) is 9.59 Å². The molecule has 1 unspecified atom stereocenters. The van der Waals surface area contributed by atoms with Gasteiger partial charge in [-0.1, -0.05) is 13.8 Å². The lowest BCUT2D eigenvalue weighted by atomic mass is 10.0. The number of ether oxygens (including phenoxy) is 3. The summed E-state index contributed by atoms with van der Waals surface area (Å²) in [5.41, 5.74) is 5.45. The molecule has 0 saturated carbocycles. The zero-order chi connectivity index (χ0) is 26.7. The third-order valence-corrected chi connectivity index (χ3v) is 4.84. The van der Waals surface area contributed by atoms with Crippen LogP contribution in [0.25, 0.3) is 0 Å². The summed E-state index contributed by atoms with van der Waals surface area (Å²) >= 11 is 0. The number of piperidine rings is 1. The van der Waals surface area contributed by atoms with Crippen LogP contribution in [0.4, 0.5) is 9.59 Å². The molecular weight excluding hydrogens is 464 g/mol. The second-order valence-corrected chi connectivity index (χ2v) is 8.90. The number of alkyl carbamates (subject to hydrolysis) is 1. The number of carbonyl (C=O) groups is 4. The molecule has 14 heteroatoms. The monoisotopic (exact) mass is 502 g/mol. The summed E-state index contributed by atoms with van der Waals surface area (Å²) in [5, 5.41) is 25.2. The van der Waals surface area contributed by atoms with Crippen molar-refractivity contribution in [3.05, 3.63) is 0 Å². The number of guanidine groups is 1. The summed E-state index contributed by atoms with van der Waals surface area (Å²) in [4.78, 5) is 50.4. The van der Waals surface area contributed by atoms with Crippen molar-refractivity contribution in [3.63, 3.8) is 0 Å². The number of amides is 3. The van der Waals surface area contributed by atoms with Gasteiger partial charge in [-0.05, 0) is 39.5 Å². The first-order chi connectivity index (χ1) is 16.3. The van der Waals surface area contributed by atoms with Gasteiger partial charge in [0.2, 0.25) is 11.8 Å². The van der Waals surface area contributed by atoms with Crippen LogP contribution < -0.4 is 21.7 Å². The SMILES string of the molecule is CC(C)COC(=O)N[C@H](COC(=O)OC(C)C)C(=O)N[C@@H](C)C(=O)N[C@H]1CCCN(C(=N)N)C1O. The second kappa shape index (κ2) is 14.2. The largest absolute Gasteiger partial charge is 0.508 e. The number of aliphatic hydroxyl groups is 1. The predicted octanol–water partition coefficient (Wildman–Crippen LogP) is -0.404. The van der Waals surface area contributed by atoms with Crippen molar-refractivity contribution in [1.82, 2.24) is 20.9 Å². The van der Waals surface area contributed by atoms with Gasteiger partial charge in [0.15, 0.2) is 5.96 Å². The molecule has 4 atom stereocenters. The molecule has 1 aliphatic rings. The van der Waals surface area contributed by atoms with E-state index in [0.717, 1.165) is 0 Å². The number of carbonyl (C=O) groups excluding carboxylic acids is 4. The Kier molecular flexibility index (Phi) is 12.1. The van der Waals surface area contributed by atoms with Crippen molar-refractivity contribution in [1.29, 1.82) is 5.41 Å².